The molecule has 5 unspecified atom stereocenters. The molecule has 0 fully saturated rings. The molecule has 7 atom stereocenters. The number of aliphatic hydroxyl groups is 1. The van der Waals surface area contributed by atoms with Gasteiger partial charge in [-0.05, 0) is 49.4 Å². The Morgan fingerprint density at radius 2 is 0.539 bits per heavy atom. The molecule has 0 spiro atoms. The highest BCUT2D eigenvalue weighted by molar-refractivity contribution is 7.47. The normalized spacial score (nSPS) is 14.9. The number of carbonyl (C=O) groups is 4. The molecule has 0 aromatic rings. The van der Waals surface area contributed by atoms with Crippen LogP contribution in [-0.2, 0) is 65.4 Å². The Bertz CT molecular complexity index is 1770. The van der Waals surface area contributed by atoms with Gasteiger partial charge in [0.1, 0.15) is 19.3 Å². The maximum absolute atomic E-state index is 13.0. The van der Waals surface area contributed by atoms with Gasteiger partial charge in [0.2, 0.25) is 0 Å². The second-order valence-corrected chi connectivity index (χ2v) is 29.6. The van der Waals surface area contributed by atoms with Crippen LogP contribution in [0.15, 0.2) is 0 Å². The molecule has 89 heavy (non-hydrogen) atoms. The van der Waals surface area contributed by atoms with Crippen molar-refractivity contribution in [1.82, 2.24) is 0 Å². The minimum atomic E-state index is -4.95. The molecule has 19 heteroatoms. The number of rotatable bonds is 67. The van der Waals surface area contributed by atoms with Gasteiger partial charge in [-0.15, -0.1) is 0 Å². The van der Waals surface area contributed by atoms with Gasteiger partial charge < -0.3 is 33.8 Å². The van der Waals surface area contributed by atoms with Crippen molar-refractivity contribution in [3.8, 4) is 0 Å². The number of hydrogen-bond donors (Lipinski definition) is 3. The Morgan fingerprint density at radius 1 is 0.315 bits per heavy atom. The van der Waals surface area contributed by atoms with Crippen LogP contribution >= 0.6 is 15.6 Å². The summed E-state index contributed by atoms with van der Waals surface area (Å²) in [5.74, 6) is 0.908. The Balaban J connectivity index is 5.28. The summed E-state index contributed by atoms with van der Waals surface area (Å²) in [4.78, 5) is 72.6. The molecule has 0 aromatic heterocycles. The maximum atomic E-state index is 13.0. The van der Waals surface area contributed by atoms with E-state index in [4.69, 9.17) is 37.0 Å². The summed E-state index contributed by atoms with van der Waals surface area (Å²) in [7, 11) is -9.90. The van der Waals surface area contributed by atoms with E-state index in [9.17, 15) is 43.2 Å². The molecule has 0 saturated carbocycles. The van der Waals surface area contributed by atoms with Crippen molar-refractivity contribution >= 4 is 39.5 Å². The lowest BCUT2D eigenvalue weighted by Gasteiger charge is -2.21. The van der Waals surface area contributed by atoms with Gasteiger partial charge in [-0.1, -0.05) is 293 Å². The highest BCUT2D eigenvalue weighted by atomic mass is 31.2. The summed E-state index contributed by atoms with van der Waals surface area (Å²) in [6, 6.07) is 0. The Hall–Kier alpha value is -1.94. The molecule has 528 valence electrons. The maximum Gasteiger partial charge on any atom is 0.472 e. The predicted molar refractivity (Wildman–Crippen MR) is 358 cm³/mol. The number of ether oxygens (including phenoxy) is 4. The monoisotopic (exact) mass is 1310 g/mol. The lowest BCUT2D eigenvalue weighted by Crippen LogP contribution is -2.30. The summed E-state index contributed by atoms with van der Waals surface area (Å²) in [6.45, 7) is 14.1. The number of hydrogen-bond acceptors (Lipinski definition) is 15. The van der Waals surface area contributed by atoms with Crippen LogP contribution in [0.1, 0.15) is 344 Å². The molecule has 0 rings (SSSR count). The first kappa shape index (κ1) is 87.1. The van der Waals surface area contributed by atoms with E-state index in [0.717, 1.165) is 114 Å². The summed E-state index contributed by atoms with van der Waals surface area (Å²) >= 11 is 0. The molecule has 0 heterocycles. The van der Waals surface area contributed by atoms with Crippen molar-refractivity contribution in [1.29, 1.82) is 0 Å². The first-order valence-electron chi connectivity index (χ1n) is 36.3. The van der Waals surface area contributed by atoms with Crippen LogP contribution in [0.2, 0.25) is 0 Å². The van der Waals surface area contributed by atoms with Crippen molar-refractivity contribution in [3.63, 3.8) is 0 Å². The summed E-state index contributed by atoms with van der Waals surface area (Å²) in [5, 5.41) is 10.6. The van der Waals surface area contributed by atoms with Crippen LogP contribution in [0.25, 0.3) is 0 Å². The van der Waals surface area contributed by atoms with Gasteiger partial charge in [0.15, 0.2) is 12.2 Å². The molecule has 0 aromatic carbocycles. The largest absolute Gasteiger partial charge is 0.472 e. The van der Waals surface area contributed by atoms with Gasteiger partial charge in [0.25, 0.3) is 0 Å². The summed E-state index contributed by atoms with van der Waals surface area (Å²) < 4.78 is 68.3. The minimum Gasteiger partial charge on any atom is -0.462 e. The molecular formula is C70H136O17P2. The molecule has 0 aliphatic rings. The van der Waals surface area contributed by atoms with Gasteiger partial charge in [-0.2, -0.15) is 0 Å². The number of phosphoric ester groups is 2. The highest BCUT2D eigenvalue weighted by Gasteiger charge is 2.30. The average molecular weight is 1310 g/mol. The van der Waals surface area contributed by atoms with E-state index in [1.165, 1.54) is 148 Å². The number of esters is 4. The van der Waals surface area contributed by atoms with Crippen molar-refractivity contribution in [2.24, 2.45) is 23.7 Å². The van der Waals surface area contributed by atoms with Crippen LogP contribution in [0.4, 0.5) is 0 Å². The van der Waals surface area contributed by atoms with Crippen molar-refractivity contribution in [2.75, 3.05) is 39.6 Å². The van der Waals surface area contributed by atoms with Crippen LogP contribution in [0.3, 0.4) is 0 Å². The Kier molecular flexibility index (Phi) is 58.5. The van der Waals surface area contributed by atoms with E-state index >= 15 is 0 Å². The second-order valence-electron chi connectivity index (χ2n) is 26.7. The van der Waals surface area contributed by atoms with Crippen molar-refractivity contribution < 1.29 is 80.2 Å². The number of unbranched alkanes of at least 4 members (excludes halogenated alkanes) is 31. The third kappa shape index (κ3) is 62.0. The third-order valence-electron chi connectivity index (χ3n) is 16.8. The predicted octanol–water partition coefficient (Wildman–Crippen LogP) is 19.7. The molecular weight excluding hydrogens is 1170 g/mol. The second kappa shape index (κ2) is 59.8. The zero-order valence-electron chi connectivity index (χ0n) is 58.1. The molecule has 17 nitrogen and oxygen atoms in total. The average Bonchev–Trinajstić information content (AvgIpc) is 3.71. The number of carbonyl (C=O) groups excluding carboxylic acids is 4. The smallest absolute Gasteiger partial charge is 0.462 e. The zero-order chi connectivity index (χ0) is 66.1. The van der Waals surface area contributed by atoms with Gasteiger partial charge in [0.05, 0.1) is 26.4 Å². The van der Waals surface area contributed by atoms with Gasteiger partial charge in [-0.25, -0.2) is 9.13 Å². The lowest BCUT2D eigenvalue weighted by atomic mass is 9.99. The van der Waals surface area contributed by atoms with E-state index in [2.05, 4.69) is 55.4 Å². The van der Waals surface area contributed by atoms with Crippen molar-refractivity contribution in [2.45, 2.75) is 363 Å². The Morgan fingerprint density at radius 3 is 0.798 bits per heavy atom. The van der Waals surface area contributed by atoms with E-state index in [1.54, 1.807) is 0 Å². The van der Waals surface area contributed by atoms with E-state index in [0.29, 0.717) is 25.7 Å². The molecule has 3 N–H and O–H groups in total. The van der Waals surface area contributed by atoms with Crippen LogP contribution in [0.5, 0.6) is 0 Å². The van der Waals surface area contributed by atoms with Crippen LogP contribution in [0, 0.1) is 23.7 Å². The van der Waals surface area contributed by atoms with E-state index in [1.807, 2.05) is 0 Å². The fraction of sp³-hybridized carbons (Fsp3) is 0.943. The first-order valence-corrected chi connectivity index (χ1v) is 39.3. The zero-order valence-corrected chi connectivity index (χ0v) is 59.8. The van der Waals surface area contributed by atoms with E-state index in [-0.39, 0.29) is 25.7 Å². The fourth-order valence-electron chi connectivity index (χ4n) is 10.4. The molecule has 0 aliphatic carbocycles. The summed E-state index contributed by atoms with van der Waals surface area (Å²) in [5.41, 5.74) is 0. The van der Waals surface area contributed by atoms with Gasteiger partial charge in [-0.3, -0.25) is 37.3 Å². The highest BCUT2D eigenvalue weighted by Crippen LogP contribution is 2.45. The standard InChI is InChI=1S/C70H136O17P2/c1-9-62(7)48-40-32-24-17-20-27-35-43-51-68(73)81-57-66(87-70(75)53-45-37-29-21-18-25-33-41-49-63(8)10-2)59-85-89(78,79)83-55-64(71)54-82-88(76,77)84-58-65(56-80-67(72)50-42-34-26-19-16-23-31-39-47-61(5)6)86-69(74)52-44-36-28-15-13-11-12-14-22-30-38-46-60(3)4/h60-66,71H,9-59H2,1-8H3,(H,76,77)(H,78,79)/t62?,63?,64?,65-,66-/m1/s1. The summed E-state index contributed by atoms with van der Waals surface area (Å²) in [6.07, 6.45) is 41.6. The Labute approximate surface area is 543 Å². The minimum absolute atomic E-state index is 0.104. The van der Waals surface area contributed by atoms with E-state index < -0.39 is 97.5 Å². The molecule has 0 saturated heterocycles. The molecule has 0 bridgehead atoms. The fourth-order valence-corrected chi connectivity index (χ4v) is 12.0. The van der Waals surface area contributed by atoms with Crippen LogP contribution < -0.4 is 0 Å². The third-order valence-corrected chi connectivity index (χ3v) is 18.7. The van der Waals surface area contributed by atoms with Gasteiger partial charge in [0, 0.05) is 25.7 Å². The first-order chi connectivity index (χ1) is 42.7. The molecule has 0 aliphatic heterocycles. The molecule has 0 amide bonds. The lowest BCUT2D eigenvalue weighted by molar-refractivity contribution is -0.161. The number of aliphatic hydroxyl groups excluding tert-OH is 1. The van der Waals surface area contributed by atoms with Gasteiger partial charge >= 0.3 is 39.5 Å². The topological polar surface area (TPSA) is 237 Å². The van der Waals surface area contributed by atoms with Crippen molar-refractivity contribution in [3.05, 3.63) is 0 Å². The number of phosphoric acid groups is 2. The SMILES string of the molecule is CCC(C)CCCCCCCCCCC(=O)OC[C@H](COP(=O)(O)OCC(O)COP(=O)(O)OC[C@@H](COC(=O)CCCCCCCCCCC(C)C)OC(=O)CCCCCCCCCCCCCC(C)C)OC(=O)CCCCCCCCCCC(C)CC. The quantitative estimate of drug-likeness (QED) is 0.0222. The van der Waals surface area contributed by atoms with Crippen LogP contribution in [-0.4, -0.2) is 96.7 Å². The molecule has 0 radical (unpaired) electrons.